The summed E-state index contributed by atoms with van der Waals surface area (Å²) in [6, 6.07) is 16.0. The number of aromatic nitrogens is 1. The van der Waals surface area contributed by atoms with Crippen molar-refractivity contribution < 1.29 is 27.4 Å². The van der Waals surface area contributed by atoms with E-state index in [0.29, 0.717) is 30.7 Å². The van der Waals surface area contributed by atoms with Crippen LogP contribution < -0.4 is 9.47 Å². The van der Waals surface area contributed by atoms with E-state index in [-0.39, 0.29) is 11.8 Å². The van der Waals surface area contributed by atoms with Crippen molar-refractivity contribution in [3.63, 3.8) is 0 Å². The minimum absolute atomic E-state index is 0.0255. The molecule has 0 unspecified atom stereocenters. The minimum atomic E-state index is -4.45. The molecule has 0 spiro atoms. The molecule has 1 heterocycles. The van der Waals surface area contributed by atoms with E-state index in [1.54, 1.807) is 36.2 Å². The molecule has 0 aliphatic heterocycles. The quantitative estimate of drug-likeness (QED) is 0.507. The highest BCUT2D eigenvalue weighted by Crippen LogP contribution is 2.30. The van der Waals surface area contributed by atoms with Gasteiger partial charge in [0, 0.05) is 24.9 Å². The van der Waals surface area contributed by atoms with Gasteiger partial charge in [-0.3, -0.25) is 4.79 Å². The minimum Gasteiger partial charge on any atom is -0.492 e. The Morgan fingerprint density at radius 2 is 1.77 bits per heavy atom. The Hall–Kier alpha value is -3.55. The summed E-state index contributed by atoms with van der Waals surface area (Å²) in [5.74, 6) is 0.943. The molecule has 5 nitrogen and oxygen atoms in total. The molecule has 0 saturated heterocycles. The Balaban J connectivity index is 1.53. The Morgan fingerprint density at radius 3 is 2.39 bits per heavy atom. The van der Waals surface area contributed by atoms with Crippen LogP contribution in [0.3, 0.4) is 0 Å². The SMILES string of the molecule is Cc1cccc(OCCN(C)C(=O)c2ccc(Oc3ccc(C(F)(F)F)cn3)cc2)c1. The third-order valence-electron chi connectivity index (χ3n) is 4.42. The van der Waals surface area contributed by atoms with E-state index in [4.69, 9.17) is 9.47 Å². The average Bonchev–Trinajstić information content (AvgIpc) is 2.73. The molecule has 1 aromatic heterocycles. The maximum atomic E-state index is 12.6. The second-order valence-corrected chi connectivity index (χ2v) is 6.90. The predicted molar refractivity (Wildman–Crippen MR) is 109 cm³/mol. The van der Waals surface area contributed by atoms with Crippen LogP contribution >= 0.6 is 0 Å². The van der Waals surface area contributed by atoms with E-state index in [2.05, 4.69) is 4.98 Å². The molecule has 0 N–H and O–H groups in total. The van der Waals surface area contributed by atoms with Crippen LogP contribution in [-0.2, 0) is 6.18 Å². The van der Waals surface area contributed by atoms with E-state index in [1.807, 2.05) is 31.2 Å². The first kappa shape index (κ1) is 22.1. The van der Waals surface area contributed by atoms with E-state index in [1.165, 1.54) is 0 Å². The third-order valence-corrected chi connectivity index (χ3v) is 4.42. The van der Waals surface area contributed by atoms with Gasteiger partial charge in [0.25, 0.3) is 5.91 Å². The van der Waals surface area contributed by atoms with Gasteiger partial charge < -0.3 is 14.4 Å². The zero-order valence-corrected chi connectivity index (χ0v) is 17.0. The fraction of sp³-hybridized carbons (Fsp3) is 0.217. The Bertz CT molecular complexity index is 1020. The first-order valence-electron chi connectivity index (χ1n) is 9.48. The highest BCUT2D eigenvalue weighted by Gasteiger charge is 2.30. The van der Waals surface area contributed by atoms with E-state index >= 15 is 0 Å². The molecular weight excluding hydrogens is 409 g/mol. The van der Waals surface area contributed by atoms with Gasteiger partial charge in [0.05, 0.1) is 12.1 Å². The van der Waals surface area contributed by atoms with E-state index in [9.17, 15) is 18.0 Å². The fourth-order valence-electron chi connectivity index (χ4n) is 2.72. The summed E-state index contributed by atoms with van der Waals surface area (Å²) in [5, 5.41) is 0. The van der Waals surface area contributed by atoms with Crippen LogP contribution in [0.15, 0.2) is 66.9 Å². The van der Waals surface area contributed by atoms with Crippen LogP contribution in [0.5, 0.6) is 17.4 Å². The van der Waals surface area contributed by atoms with Crippen molar-refractivity contribution in [2.45, 2.75) is 13.1 Å². The van der Waals surface area contributed by atoms with Crippen molar-refractivity contribution in [3.05, 3.63) is 83.6 Å². The number of rotatable bonds is 7. The fourth-order valence-corrected chi connectivity index (χ4v) is 2.72. The van der Waals surface area contributed by atoms with Crippen molar-refractivity contribution in [3.8, 4) is 17.4 Å². The smallest absolute Gasteiger partial charge is 0.417 e. The molecule has 3 rings (SSSR count). The topological polar surface area (TPSA) is 51.7 Å². The Labute approximate surface area is 178 Å². The summed E-state index contributed by atoms with van der Waals surface area (Å²) in [7, 11) is 1.68. The van der Waals surface area contributed by atoms with Gasteiger partial charge in [-0.15, -0.1) is 0 Å². The van der Waals surface area contributed by atoms with Gasteiger partial charge in [-0.2, -0.15) is 13.2 Å². The van der Waals surface area contributed by atoms with Crippen molar-refractivity contribution in [1.82, 2.24) is 9.88 Å². The zero-order chi connectivity index (χ0) is 22.4. The van der Waals surface area contributed by atoms with Crippen molar-refractivity contribution in [2.24, 2.45) is 0 Å². The second-order valence-electron chi connectivity index (χ2n) is 6.90. The predicted octanol–water partition coefficient (Wildman–Crippen LogP) is 5.35. The lowest BCUT2D eigenvalue weighted by Crippen LogP contribution is -2.30. The molecule has 0 atom stereocenters. The number of hydrogen-bond acceptors (Lipinski definition) is 4. The standard InChI is InChI=1S/C23H21F3N2O3/c1-16-4-3-5-20(14-16)30-13-12-28(2)22(29)17-6-9-19(10-7-17)31-21-11-8-18(15-27-21)23(24,25)26/h3-11,14-15H,12-13H2,1-2H3. The normalized spacial score (nSPS) is 11.1. The molecule has 31 heavy (non-hydrogen) atoms. The van der Waals surface area contributed by atoms with Gasteiger partial charge in [-0.1, -0.05) is 12.1 Å². The summed E-state index contributed by atoms with van der Waals surface area (Å²) in [6.45, 7) is 2.73. The highest BCUT2D eigenvalue weighted by atomic mass is 19.4. The number of carbonyl (C=O) groups is 1. The maximum Gasteiger partial charge on any atom is 0.417 e. The molecule has 1 amide bonds. The molecule has 0 aliphatic carbocycles. The number of aryl methyl sites for hydroxylation is 1. The van der Waals surface area contributed by atoms with Gasteiger partial charge in [0.2, 0.25) is 5.88 Å². The first-order chi connectivity index (χ1) is 14.7. The highest BCUT2D eigenvalue weighted by molar-refractivity contribution is 5.94. The number of likely N-dealkylation sites (N-methyl/N-ethyl adjacent to an activating group) is 1. The third kappa shape index (κ3) is 6.21. The van der Waals surface area contributed by atoms with Crippen LogP contribution in [0.4, 0.5) is 13.2 Å². The summed E-state index contributed by atoms with van der Waals surface area (Å²) in [4.78, 5) is 17.8. The number of ether oxygens (including phenoxy) is 2. The van der Waals surface area contributed by atoms with Crippen molar-refractivity contribution in [2.75, 3.05) is 20.2 Å². The summed E-state index contributed by atoms with van der Waals surface area (Å²) >= 11 is 0. The lowest BCUT2D eigenvalue weighted by atomic mass is 10.2. The molecule has 0 fully saturated rings. The molecule has 3 aromatic rings. The average molecular weight is 430 g/mol. The lowest BCUT2D eigenvalue weighted by molar-refractivity contribution is -0.137. The van der Waals surface area contributed by atoms with Gasteiger partial charge in [0.15, 0.2) is 0 Å². The number of benzene rings is 2. The Morgan fingerprint density at radius 1 is 1.03 bits per heavy atom. The van der Waals surface area contributed by atoms with Gasteiger partial charge >= 0.3 is 6.18 Å². The van der Waals surface area contributed by atoms with Crippen LogP contribution in [0.2, 0.25) is 0 Å². The van der Waals surface area contributed by atoms with Crippen LogP contribution in [-0.4, -0.2) is 36.0 Å². The molecule has 0 saturated carbocycles. The number of alkyl halides is 3. The number of hydrogen-bond donors (Lipinski definition) is 0. The summed E-state index contributed by atoms with van der Waals surface area (Å²) < 4.78 is 48.9. The molecule has 0 bridgehead atoms. The molecular formula is C23H21F3N2O3. The lowest BCUT2D eigenvalue weighted by Gasteiger charge is -2.18. The molecule has 8 heteroatoms. The number of nitrogens with zero attached hydrogens (tertiary/aromatic N) is 2. The molecule has 2 aromatic carbocycles. The number of pyridine rings is 1. The zero-order valence-electron chi connectivity index (χ0n) is 17.0. The first-order valence-corrected chi connectivity index (χ1v) is 9.48. The van der Waals surface area contributed by atoms with Gasteiger partial charge in [0.1, 0.15) is 18.1 Å². The summed E-state index contributed by atoms with van der Waals surface area (Å²) in [6.07, 6.45) is -3.74. The number of halogens is 3. The Kier molecular flexibility index (Phi) is 6.79. The van der Waals surface area contributed by atoms with Gasteiger partial charge in [-0.25, -0.2) is 4.98 Å². The summed E-state index contributed by atoms with van der Waals surface area (Å²) in [5.41, 5.74) is 0.691. The molecule has 162 valence electrons. The van der Waals surface area contributed by atoms with Crippen molar-refractivity contribution in [1.29, 1.82) is 0 Å². The second kappa shape index (κ2) is 9.51. The van der Waals surface area contributed by atoms with Crippen LogP contribution in [0, 0.1) is 6.92 Å². The molecule has 0 radical (unpaired) electrons. The monoisotopic (exact) mass is 430 g/mol. The van der Waals surface area contributed by atoms with Crippen LogP contribution in [0.25, 0.3) is 0 Å². The molecule has 0 aliphatic rings. The number of carbonyl (C=O) groups excluding carboxylic acids is 1. The van der Waals surface area contributed by atoms with Crippen molar-refractivity contribution >= 4 is 5.91 Å². The van der Waals surface area contributed by atoms with E-state index < -0.39 is 11.7 Å². The maximum absolute atomic E-state index is 12.6. The largest absolute Gasteiger partial charge is 0.492 e. The van der Waals surface area contributed by atoms with Crippen LogP contribution in [0.1, 0.15) is 21.5 Å². The number of amides is 1. The van der Waals surface area contributed by atoms with Gasteiger partial charge in [-0.05, 0) is 55.0 Å². The van der Waals surface area contributed by atoms with E-state index in [0.717, 1.165) is 23.4 Å².